The van der Waals surface area contributed by atoms with Crippen LogP contribution in [0.1, 0.15) is 18.2 Å². The van der Waals surface area contributed by atoms with Gasteiger partial charge in [-0.15, -0.1) is 11.3 Å². The lowest BCUT2D eigenvalue weighted by atomic mass is 10.3. The molecule has 0 saturated heterocycles. The highest BCUT2D eigenvalue weighted by atomic mass is 32.1. The van der Waals surface area contributed by atoms with Crippen molar-refractivity contribution in [2.75, 3.05) is 12.3 Å². The molecule has 96 valence electrons. The van der Waals surface area contributed by atoms with Crippen molar-refractivity contribution in [2.24, 2.45) is 0 Å². The fourth-order valence-corrected chi connectivity index (χ4v) is 2.15. The van der Waals surface area contributed by atoms with E-state index in [9.17, 15) is 0 Å². The van der Waals surface area contributed by atoms with Gasteiger partial charge in [0, 0.05) is 28.8 Å². The minimum Gasteiger partial charge on any atom is -0.493 e. The largest absolute Gasteiger partial charge is 0.493 e. The van der Waals surface area contributed by atoms with E-state index in [1.807, 2.05) is 35.7 Å². The maximum absolute atomic E-state index is 5.82. The van der Waals surface area contributed by atoms with Crippen LogP contribution in [-0.2, 0) is 6.61 Å². The Morgan fingerprint density at radius 2 is 1.94 bits per heavy atom. The number of rotatable bonds is 6. The lowest BCUT2D eigenvalue weighted by Crippen LogP contribution is -1.98. The Bertz CT molecular complexity index is 483. The fourth-order valence-electron chi connectivity index (χ4n) is 1.53. The molecule has 0 bridgehead atoms. The van der Waals surface area contributed by atoms with Gasteiger partial charge in [0.2, 0.25) is 0 Å². The zero-order chi connectivity index (χ0) is 12.8. The van der Waals surface area contributed by atoms with Gasteiger partial charge in [-0.25, -0.2) is 0 Å². The number of ether oxygens (including phenoxy) is 2. The molecule has 0 aliphatic rings. The van der Waals surface area contributed by atoms with Gasteiger partial charge in [0.1, 0.15) is 18.1 Å². The predicted octanol–water partition coefficient (Wildman–Crippen LogP) is 3.70. The van der Waals surface area contributed by atoms with Crippen LogP contribution in [0.5, 0.6) is 11.5 Å². The Labute approximate surface area is 111 Å². The SMILES string of the molecule is CCCOc1cc(N)cc(OCc2cccs2)c1. The van der Waals surface area contributed by atoms with Crippen LogP contribution >= 0.6 is 11.3 Å². The predicted molar refractivity (Wildman–Crippen MR) is 75.3 cm³/mol. The monoisotopic (exact) mass is 263 g/mol. The van der Waals surface area contributed by atoms with Crippen LogP contribution in [-0.4, -0.2) is 6.61 Å². The Morgan fingerprint density at radius 3 is 2.61 bits per heavy atom. The maximum Gasteiger partial charge on any atom is 0.125 e. The van der Waals surface area contributed by atoms with Gasteiger partial charge in [-0.1, -0.05) is 13.0 Å². The molecule has 1 aromatic carbocycles. The van der Waals surface area contributed by atoms with E-state index >= 15 is 0 Å². The first-order valence-electron chi connectivity index (χ1n) is 5.96. The van der Waals surface area contributed by atoms with Crippen LogP contribution in [0, 0.1) is 0 Å². The highest BCUT2D eigenvalue weighted by Gasteiger charge is 2.02. The minimum atomic E-state index is 0.564. The van der Waals surface area contributed by atoms with Crippen molar-refractivity contribution >= 4 is 17.0 Å². The molecule has 4 heteroatoms. The van der Waals surface area contributed by atoms with Gasteiger partial charge < -0.3 is 15.2 Å². The number of hydrogen-bond acceptors (Lipinski definition) is 4. The Morgan fingerprint density at radius 1 is 1.17 bits per heavy atom. The molecule has 0 spiro atoms. The lowest BCUT2D eigenvalue weighted by molar-refractivity contribution is 0.297. The van der Waals surface area contributed by atoms with Gasteiger partial charge in [0.15, 0.2) is 0 Å². The molecular weight excluding hydrogens is 246 g/mol. The second-order valence-corrected chi connectivity index (χ2v) is 4.99. The third kappa shape index (κ3) is 3.67. The Hall–Kier alpha value is -1.68. The van der Waals surface area contributed by atoms with Crippen molar-refractivity contribution in [3.8, 4) is 11.5 Å². The fraction of sp³-hybridized carbons (Fsp3) is 0.286. The molecule has 1 heterocycles. The summed E-state index contributed by atoms with van der Waals surface area (Å²) in [5.41, 5.74) is 6.48. The molecule has 0 unspecified atom stereocenters. The van der Waals surface area contributed by atoms with Crippen molar-refractivity contribution in [3.63, 3.8) is 0 Å². The molecule has 3 nitrogen and oxygen atoms in total. The summed E-state index contributed by atoms with van der Waals surface area (Å²) in [4.78, 5) is 1.19. The van der Waals surface area contributed by atoms with Gasteiger partial charge in [0.25, 0.3) is 0 Å². The van der Waals surface area contributed by atoms with Crippen molar-refractivity contribution < 1.29 is 9.47 Å². The van der Waals surface area contributed by atoms with E-state index in [-0.39, 0.29) is 0 Å². The van der Waals surface area contributed by atoms with Gasteiger partial charge in [0.05, 0.1) is 6.61 Å². The molecule has 2 N–H and O–H groups in total. The van der Waals surface area contributed by atoms with Crippen LogP contribution in [0.25, 0.3) is 0 Å². The van der Waals surface area contributed by atoms with Crippen molar-refractivity contribution in [1.82, 2.24) is 0 Å². The van der Waals surface area contributed by atoms with E-state index in [1.54, 1.807) is 11.3 Å². The van der Waals surface area contributed by atoms with E-state index in [0.717, 1.165) is 17.9 Å². The second kappa shape index (κ2) is 6.31. The quantitative estimate of drug-likeness (QED) is 0.808. The summed E-state index contributed by atoms with van der Waals surface area (Å²) in [6.07, 6.45) is 0.972. The molecule has 1 aromatic heterocycles. The Balaban J connectivity index is 2.00. The van der Waals surface area contributed by atoms with Gasteiger partial charge in [-0.05, 0) is 17.9 Å². The summed E-state index contributed by atoms with van der Waals surface area (Å²) < 4.78 is 11.3. The van der Waals surface area contributed by atoms with E-state index in [0.29, 0.717) is 18.9 Å². The topological polar surface area (TPSA) is 44.5 Å². The van der Waals surface area contributed by atoms with Crippen LogP contribution in [0.15, 0.2) is 35.7 Å². The Kier molecular flexibility index (Phi) is 4.47. The number of benzene rings is 1. The summed E-state index contributed by atoms with van der Waals surface area (Å²) in [6, 6.07) is 9.56. The van der Waals surface area contributed by atoms with E-state index < -0.39 is 0 Å². The first-order valence-corrected chi connectivity index (χ1v) is 6.84. The first-order chi connectivity index (χ1) is 8.78. The average molecular weight is 263 g/mol. The zero-order valence-electron chi connectivity index (χ0n) is 10.4. The number of anilines is 1. The van der Waals surface area contributed by atoms with E-state index in [4.69, 9.17) is 15.2 Å². The summed E-state index contributed by atoms with van der Waals surface area (Å²) in [5.74, 6) is 1.51. The molecule has 0 atom stereocenters. The normalized spacial score (nSPS) is 10.3. The molecular formula is C14H17NO2S. The molecule has 0 fully saturated rings. The molecule has 0 aliphatic heterocycles. The van der Waals surface area contributed by atoms with Gasteiger partial charge in [-0.3, -0.25) is 0 Å². The molecule has 0 radical (unpaired) electrons. The summed E-state index contributed by atoms with van der Waals surface area (Å²) >= 11 is 1.68. The summed E-state index contributed by atoms with van der Waals surface area (Å²) in [5, 5.41) is 2.04. The van der Waals surface area contributed by atoms with Gasteiger partial charge in [-0.2, -0.15) is 0 Å². The van der Waals surface area contributed by atoms with Crippen molar-refractivity contribution in [1.29, 1.82) is 0 Å². The number of thiophene rings is 1. The number of hydrogen-bond donors (Lipinski definition) is 1. The third-order valence-corrected chi connectivity index (χ3v) is 3.19. The van der Waals surface area contributed by atoms with Crippen LogP contribution < -0.4 is 15.2 Å². The minimum absolute atomic E-state index is 0.564. The summed E-state index contributed by atoms with van der Waals surface area (Å²) in [7, 11) is 0. The molecule has 2 rings (SSSR count). The molecule has 0 amide bonds. The van der Waals surface area contributed by atoms with Crippen LogP contribution in [0.2, 0.25) is 0 Å². The standard InChI is InChI=1S/C14H17NO2S/c1-2-5-16-12-7-11(15)8-13(9-12)17-10-14-4-3-6-18-14/h3-4,6-9H,2,5,10,15H2,1H3. The van der Waals surface area contributed by atoms with E-state index in [1.165, 1.54) is 4.88 Å². The van der Waals surface area contributed by atoms with E-state index in [2.05, 4.69) is 6.92 Å². The molecule has 18 heavy (non-hydrogen) atoms. The third-order valence-electron chi connectivity index (χ3n) is 2.34. The first kappa shape index (κ1) is 12.8. The zero-order valence-corrected chi connectivity index (χ0v) is 11.2. The van der Waals surface area contributed by atoms with Crippen LogP contribution in [0.4, 0.5) is 5.69 Å². The average Bonchev–Trinajstić information content (AvgIpc) is 2.86. The smallest absolute Gasteiger partial charge is 0.125 e. The highest BCUT2D eigenvalue weighted by molar-refractivity contribution is 7.09. The number of nitrogen functional groups attached to an aromatic ring is 1. The van der Waals surface area contributed by atoms with Crippen molar-refractivity contribution in [3.05, 3.63) is 40.6 Å². The van der Waals surface area contributed by atoms with Crippen molar-refractivity contribution in [2.45, 2.75) is 20.0 Å². The number of nitrogens with two attached hydrogens (primary N) is 1. The lowest BCUT2D eigenvalue weighted by Gasteiger charge is -2.10. The summed E-state index contributed by atoms with van der Waals surface area (Å²) in [6.45, 7) is 3.32. The van der Waals surface area contributed by atoms with Crippen LogP contribution in [0.3, 0.4) is 0 Å². The molecule has 2 aromatic rings. The molecule has 0 aliphatic carbocycles. The maximum atomic E-state index is 5.82. The highest BCUT2D eigenvalue weighted by Crippen LogP contribution is 2.25. The molecule has 0 saturated carbocycles. The second-order valence-electron chi connectivity index (χ2n) is 3.95. The van der Waals surface area contributed by atoms with Gasteiger partial charge >= 0.3 is 0 Å².